The molecule has 1 heterocycles. The molecule has 0 aliphatic rings. The molecule has 2 aromatic carbocycles. The number of nitrogens with zero attached hydrogens (tertiary/aromatic N) is 1. The lowest BCUT2D eigenvalue weighted by Gasteiger charge is -2.14. The number of carbonyl (C=O) groups is 1. The summed E-state index contributed by atoms with van der Waals surface area (Å²) in [6, 6.07) is 11.8. The van der Waals surface area contributed by atoms with Crippen LogP contribution in [-0.4, -0.2) is 5.91 Å². The second-order valence-corrected chi connectivity index (χ2v) is 5.61. The van der Waals surface area contributed by atoms with Gasteiger partial charge < -0.3 is 15.3 Å². The van der Waals surface area contributed by atoms with Crippen molar-refractivity contribution in [1.29, 1.82) is 0 Å². The van der Waals surface area contributed by atoms with Crippen LogP contribution in [0.1, 0.15) is 16.1 Å². The van der Waals surface area contributed by atoms with Crippen LogP contribution in [0.3, 0.4) is 0 Å². The fraction of sp³-hybridized carbons (Fsp3) is 0.0526. The predicted octanol–water partition coefficient (Wildman–Crippen LogP) is 4.52. The maximum Gasteiger partial charge on any atom is 0.419 e. The smallest absolute Gasteiger partial charge is 0.419 e. The number of carbonyl (C=O) groups excluding carboxylic acids is 1. The summed E-state index contributed by atoms with van der Waals surface area (Å²) in [6.45, 7) is 0. The number of benzene rings is 2. The number of para-hydroxylation sites is 1. The molecule has 0 radical (unpaired) electrons. The molecular weight excluding hydrogens is 380 g/mol. The first kappa shape index (κ1) is 19.2. The third-order valence-electron chi connectivity index (χ3n) is 3.66. The molecule has 28 heavy (non-hydrogen) atoms. The van der Waals surface area contributed by atoms with E-state index in [1.54, 1.807) is 0 Å². The van der Waals surface area contributed by atoms with Gasteiger partial charge in [-0.15, -0.1) is 0 Å². The number of anilines is 1. The zero-order valence-corrected chi connectivity index (χ0v) is 14.0. The third-order valence-corrected chi connectivity index (χ3v) is 3.66. The first-order valence-corrected chi connectivity index (χ1v) is 7.89. The van der Waals surface area contributed by atoms with Gasteiger partial charge in [-0.1, -0.05) is 12.1 Å². The summed E-state index contributed by atoms with van der Waals surface area (Å²) >= 11 is 0. The second-order valence-electron chi connectivity index (χ2n) is 5.61. The van der Waals surface area contributed by atoms with E-state index >= 15 is 0 Å². The van der Waals surface area contributed by atoms with Crippen LogP contribution in [0.15, 0.2) is 66.9 Å². The van der Waals surface area contributed by atoms with Crippen molar-refractivity contribution in [1.82, 2.24) is 0 Å². The molecule has 0 aliphatic heterocycles. The average Bonchev–Trinajstić information content (AvgIpc) is 2.64. The summed E-state index contributed by atoms with van der Waals surface area (Å²) in [5, 5.41) is 13.9. The summed E-state index contributed by atoms with van der Waals surface area (Å²) in [5.41, 5.74) is -1.25. The van der Waals surface area contributed by atoms with Gasteiger partial charge in [-0.2, -0.15) is 17.9 Å². The molecule has 0 bridgehead atoms. The van der Waals surface area contributed by atoms with Crippen LogP contribution in [0.25, 0.3) is 0 Å². The first-order valence-electron chi connectivity index (χ1n) is 7.89. The number of nitrogens with one attached hydrogen (secondary N) is 1. The summed E-state index contributed by atoms with van der Waals surface area (Å²) < 4.78 is 58.7. The number of hydrogen-bond acceptors (Lipinski definition) is 3. The fourth-order valence-electron chi connectivity index (χ4n) is 2.37. The highest BCUT2D eigenvalue weighted by Crippen LogP contribution is 2.38. The average molecular weight is 392 g/mol. The van der Waals surface area contributed by atoms with Crippen molar-refractivity contribution in [2.24, 2.45) is 0 Å². The van der Waals surface area contributed by atoms with Gasteiger partial charge in [-0.25, -0.2) is 4.39 Å². The number of pyridine rings is 1. The lowest BCUT2D eigenvalue weighted by atomic mass is 10.2. The van der Waals surface area contributed by atoms with E-state index in [1.165, 1.54) is 36.4 Å². The minimum absolute atomic E-state index is 0.00260. The highest BCUT2D eigenvalue weighted by atomic mass is 19.4. The molecular formula is C19H12F4N2O3. The molecule has 3 rings (SSSR count). The van der Waals surface area contributed by atoms with E-state index in [4.69, 9.17) is 4.74 Å². The van der Waals surface area contributed by atoms with Crippen LogP contribution in [0, 0.1) is 11.0 Å². The van der Waals surface area contributed by atoms with E-state index in [0.717, 1.165) is 30.5 Å². The molecule has 9 heteroatoms. The lowest BCUT2D eigenvalue weighted by molar-refractivity contribution is -0.607. The Morgan fingerprint density at radius 2 is 1.71 bits per heavy atom. The Kier molecular flexibility index (Phi) is 5.16. The van der Waals surface area contributed by atoms with E-state index < -0.39 is 35.0 Å². The Balaban J connectivity index is 1.81. The van der Waals surface area contributed by atoms with Gasteiger partial charge in [0.1, 0.15) is 5.75 Å². The molecule has 1 amide bonds. The number of aromatic nitrogens is 1. The Bertz CT molecular complexity index is 1020. The van der Waals surface area contributed by atoms with E-state index in [2.05, 4.69) is 5.32 Å². The maximum atomic E-state index is 14.3. The van der Waals surface area contributed by atoms with Gasteiger partial charge in [-0.05, 0) is 30.3 Å². The number of alkyl halides is 3. The molecule has 0 atom stereocenters. The van der Waals surface area contributed by atoms with Gasteiger partial charge in [0.15, 0.2) is 17.8 Å². The summed E-state index contributed by atoms with van der Waals surface area (Å²) in [4.78, 5) is 12.1. The Hall–Kier alpha value is -3.62. The second kappa shape index (κ2) is 7.55. The SMILES string of the molecule is O=C(Nc1ccc(Oc2ccccc2C(F)(F)F)c(F)c1)c1cccc[n+]1[O-]. The molecule has 0 saturated heterocycles. The van der Waals surface area contributed by atoms with Crippen LogP contribution in [-0.2, 0) is 6.18 Å². The number of rotatable bonds is 4. The highest BCUT2D eigenvalue weighted by molar-refractivity contribution is 6.01. The molecule has 0 unspecified atom stereocenters. The third kappa shape index (κ3) is 4.20. The van der Waals surface area contributed by atoms with E-state index in [1.807, 2.05) is 0 Å². The molecule has 0 fully saturated rings. The van der Waals surface area contributed by atoms with Gasteiger partial charge in [-0.3, -0.25) is 4.79 Å². The fourth-order valence-corrected chi connectivity index (χ4v) is 2.37. The van der Waals surface area contributed by atoms with E-state index in [-0.39, 0.29) is 11.4 Å². The van der Waals surface area contributed by atoms with Crippen molar-refractivity contribution >= 4 is 11.6 Å². The van der Waals surface area contributed by atoms with Gasteiger partial charge in [0, 0.05) is 23.9 Å². The van der Waals surface area contributed by atoms with Crippen LogP contribution in [0.5, 0.6) is 11.5 Å². The van der Waals surface area contributed by atoms with E-state index in [9.17, 15) is 27.6 Å². The van der Waals surface area contributed by atoms with Crippen molar-refractivity contribution in [3.63, 3.8) is 0 Å². The zero-order chi connectivity index (χ0) is 20.3. The zero-order valence-electron chi connectivity index (χ0n) is 14.0. The largest absolute Gasteiger partial charge is 0.618 e. The number of halogens is 4. The molecule has 5 nitrogen and oxygen atoms in total. The maximum absolute atomic E-state index is 14.3. The van der Waals surface area contributed by atoms with Crippen LogP contribution in [0.2, 0.25) is 0 Å². The molecule has 1 N–H and O–H groups in total. The van der Waals surface area contributed by atoms with Gasteiger partial charge in [0.05, 0.1) is 5.56 Å². The van der Waals surface area contributed by atoms with Crippen molar-refractivity contribution < 1.29 is 31.8 Å². The van der Waals surface area contributed by atoms with Crippen molar-refractivity contribution in [3.8, 4) is 11.5 Å². The first-order chi connectivity index (χ1) is 13.3. The Morgan fingerprint density at radius 3 is 2.39 bits per heavy atom. The van der Waals surface area contributed by atoms with Crippen molar-refractivity contribution in [3.05, 3.63) is 89.1 Å². The minimum atomic E-state index is -4.66. The number of hydrogen-bond donors (Lipinski definition) is 1. The molecule has 144 valence electrons. The van der Waals surface area contributed by atoms with Gasteiger partial charge in [0.2, 0.25) is 0 Å². The van der Waals surface area contributed by atoms with E-state index in [0.29, 0.717) is 4.73 Å². The molecule has 0 spiro atoms. The van der Waals surface area contributed by atoms with Crippen LogP contribution in [0.4, 0.5) is 23.2 Å². The monoisotopic (exact) mass is 392 g/mol. The molecule has 0 saturated carbocycles. The quantitative estimate of drug-likeness (QED) is 0.403. The molecule has 0 aliphatic carbocycles. The van der Waals surface area contributed by atoms with Crippen LogP contribution < -0.4 is 14.8 Å². The lowest BCUT2D eigenvalue weighted by Crippen LogP contribution is -2.36. The standard InChI is InChI=1S/C19H12F4N2O3/c20-14-11-12(24-18(26)15-6-3-4-10-25(15)27)8-9-17(14)28-16-7-2-1-5-13(16)19(21,22)23/h1-11H,(H,24,26). The van der Waals surface area contributed by atoms with Crippen LogP contribution >= 0.6 is 0 Å². The summed E-state index contributed by atoms with van der Waals surface area (Å²) in [6.07, 6.45) is -3.53. The van der Waals surface area contributed by atoms with Crippen molar-refractivity contribution in [2.75, 3.05) is 5.32 Å². The van der Waals surface area contributed by atoms with Gasteiger partial charge >= 0.3 is 12.1 Å². The number of amides is 1. The predicted molar refractivity (Wildman–Crippen MR) is 91.3 cm³/mol. The molecule has 3 aromatic rings. The summed E-state index contributed by atoms with van der Waals surface area (Å²) in [5.74, 6) is -2.76. The Morgan fingerprint density at radius 1 is 1.00 bits per heavy atom. The number of ether oxygens (including phenoxy) is 1. The highest BCUT2D eigenvalue weighted by Gasteiger charge is 2.34. The Labute approximate surface area is 156 Å². The normalized spacial score (nSPS) is 11.1. The molecule has 1 aromatic heterocycles. The van der Waals surface area contributed by atoms with Crippen molar-refractivity contribution in [2.45, 2.75) is 6.18 Å². The topological polar surface area (TPSA) is 65.3 Å². The van der Waals surface area contributed by atoms with Gasteiger partial charge in [0.25, 0.3) is 5.69 Å². The minimum Gasteiger partial charge on any atom is -0.618 e. The summed E-state index contributed by atoms with van der Waals surface area (Å²) in [7, 11) is 0.